The summed E-state index contributed by atoms with van der Waals surface area (Å²) in [7, 11) is 0. The van der Waals surface area contributed by atoms with Gasteiger partial charge in [-0.2, -0.15) is 0 Å². The monoisotopic (exact) mass is 801 g/mol. The maximum absolute atomic E-state index is 2.58. The van der Waals surface area contributed by atoms with Crippen LogP contribution in [0.4, 0.5) is 17.1 Å². The Kier molecular flexibility index (Phi) is 8.55. The number of fused-ring (bicyclic) bond motifs is 7. The van der Waals surface area contributed by atoms with Gasteiger partial charge < -0.3 is 4.90 Å². The fraction of sp³-hybridized carbons (Fsp3) is 0.213. The molecule has 1 nitrogen and oxygen atoms in total. The number of benzene rings is 8. The van der Waals surface area contributed by atoms with Gasteiger partial charge in [-0.15, -0.1) is 0 Å². The minimum absolute atomic E-state index is 0.0594. The van der Waals surface area contributed by atoms with Crippen LogP contribution in [-0.2, 0) is 21.7 Å². The van der Waals surface area contributed by atoms with Crippen LogP contribution in [0.5, 0.6) is 0 Å². The van der Waals surface area contributed by atoms with Crippen LogP contribution < -0.4 is 4.90 Å². The summed E-state index contributed by atoms with van der Waals surface area (Å²) >= 11 is 0. The lowest BCUT2D eigenvalue weighted by molar-refractivity contribution is 0.330. The predicted molar refractivity (Wildman–Crippen MR) is 261 cm³/mol. The van der Waals surface area contributed by atoms with E-state index >= 15 is 0 Å². The van der Waals surface area contributed by atoms with Crippen molar-refractivity contribution in [3.63, 3.8) is 0 Å². The fourth-order valence-electron chi connectivity index (χ4n) is 12.0. The highest BCUT2D eigenvalue weighted by molar-refractivity contribution is 5.98. The summed E-state index contributed by atoms with van der Waals surface area (Å²) < 4.78 is 0. The minimum Gasteiger partial charge on any atom is -0.310 e. The normalized spacial score (nSPS) is 16.7. The first kappa shape index (κ1) is 38.5. The summed E-state index contributed by atoms with van der Waals surface area (Å²) in [5.74, 6) is 0. The molecule has 8 aromatic rings. The Morgan fingerprint density at radius 3 is 1.56 bits per heavy atom. The van der Waals surface area contributed by atoms with E-state index in [2.05, 4.69) is 235 Å². The minimum atomic E-state index is -0.539. The average molecular weight is 802 g/mol. The second-order valence-electron chi connectivity index (χ2n) is 19.9. The quantitative estimate of drug-likeness (QED) is 0.162. The SMILES string of the molecule is Cc1c(-c2cc3c(cc2N(c2ccccc2)c2ccc4c(c2)C(C)(C)c2ccccc2-4)C(c2ccccc2)(c2ccccc2)c2ccccc2-3)ccc2c1C(C)(C)CCC2(C)C. The topological polar surface area (TPSA) is 3.24 Å². The fourth-order valence-corrected chi connectivity index (χ4v) is 12.0. The number of rotatable bonds is 6. The van der Waals surface area contributed by atoms with E-state index in [1.807, 2.05) is 0 Å². The van der Waals surface area contributed by atoms with E-state index in [-0.39, 0.29) is 16.2 Å². The van der Waals surface area contributed by atoms with Gasteiger partial charge in [0.2, 0.25) is 0 Å². The molecule has 304 valence electrons. The first-order chi connectivity index (χ1) is 29.9. The Hall–Kier alpha value is -6.44. The molecule has 0 atom stereocenters. The number of hydrogen-bond acceptors (Lipinski definition) is 1. The zero-order valence-electron chi connectivity index (χ0n) is 37.2. The average Bonchev–Trinajstić information content (AvgIpc) is 3.71. The van der Waals surface area contributed by atoms with Crippen LogP contribution >= 0.6 is 0 Å². The molecule has 3 aliphatic carbocycles. The van der Waals surface area contributed by atoms with Crippen molar-refractivity contribution >= 4 is 17.1 Å². The summed E-state index contributed by atoms with van der Waals surface area (Å²) in [6.45, 7) is 17.0. The molecular weight excluding hydrogens is 747 g/mol. The van der Waals surface area contributed by atoms with Gasteiger partial charge in [0.05, 0.1) is 11.1 Å². The van der Waals surface area contributed by atoms with Gasteiger partial charge in [-0.3, -0.25) is 0 Å². The van der Waals surface area contributed by atoms with E-state index in [4.69, 9.17) is 0 Å². The number of nitrogens with zero attached hydrogens (tertiary/aromatic N) is 1. The van der Waals surface area contributed by atoms with E-state index < -0.39 is 5.41 Å². The van der Waals surface area contributed by atoms with Crippen molar-refractivity contribution in [3.05, 3.63) is 232 Å². The van der Waals surface area contributed by atoms with Crippen molar-refractivity contribution in [2.24, 2.45) is 0 Å². The molecule has 0 aliphatic heterocycles. The van der Waals surface area contributed by atoms with Gasteiger partial charge in [0, 0.05) is 22.4 Å². The molecule has 0 saturated carbocycles. The molecule has 0 amide bonds. The zero-order chi connectivity index (χ0) is 42.6. The van der Waals surface area contributed by atoms with Crippen LogP contribution in [0, 0.1) is 6.92 Å². The summed E-state index contributed by atoms with van der Waals surface area (Å²) in [5, 5.41) is 0. The van der Waals surface area contributed by atoms with Gasteiger partial charge >= 0.3 is 0 Å². The van der Waals surface area contributed by atoms with Crippen LogP contribution in [0.25, 0.3) is 33.4 Å². The van der Waals surface area contributed by atoms with Crippen LogP contribution in [-0.4, -0.2) is 0 Å². The molecule has 0 bridgehead atoms. The van der Waals surface area contributed by atoms with Crippen molar-refractivity contribution in [1.29, 1.82) is 0 Å². The zero-order valence-corrected chi connectivity index (χ0v) is 37.2. The van der Waals surface area contributed by atoms with Crippen LogP contribution in [0.2, 0.25) is 0 Å². The van der Waals surface area contributed by atoms with Gasteiger partial charge in [-0.25, -0.2) is 0 Å². The molecule has 0 N–H and O–H groups in total. The van der Waals surface area contributed by atoms with Gasteiger partial charge in [0.25, 0.3) is 0 Å². The molecule has 0 fully saturated rings. The van der Waals surface area contributed by atoms with Gasteiger partial charge in [0.1, 0.15) is 0 Å². The highest BCUT2D eigenvalue weighted by Crippen LogP contribution is 2.60. The summed E-state index contributed by atoms with van der Waals surface area (Å²) in [5.41, 5.74) is 23.1. The summed E-state index contributed by atoms with van der Waals surface area (Å²) in [6, 6.07) is 69.0. The molecule has 62 heavy (non-hydrogen) atoms. The molecule has 8 aromatic carbocycles. The van der Waals surface area contributed by atoms with Crippen molar-refractivity contribution in [2.45, 2.75) is 83.0 Å². The Balaban J connectivity index is 1.27. The number of para-hydroxylation sites is 1. The first-order valence-corrected chi connectivity index (χ1v) is 22.6. The molecule has 0 spiro atoms. The molecule has 11 rings (SSSR count). The lowest BCUT2D eigenvalue weighted by atomic mass is 9.61. The third-order valence-corrected chi connectivity index (χ3v) is 15.2. The molecule has 0 radical (unpaired) electrons. The summed E-state index contributed by atoms with van der Waals surface area (Å²) in [6.07, 6.45) is 2.36. The van der Waals surface area contributed by atoms with Gasteiger partial charge in [0.15, 0.2) is 0 Å². The molecule has 1 heteroatoms. The first-order valence-electron chi connectivity index (χ1n) is 22.6. The second kappa shape index (κ2) is 13.8. The Morgan fingerprint density at radius 2 is 0.903 bits per heavy atom. The molecule has 0 heterocycles. The standard InChI is InChI=1S/C61H55N/c1-40-45(33-34-53-57(40)59(4,5)36-35-58(53,2)3)50-38-49-47-28-18-20-30-52(47)61(41-21-11-8-12-22-41,42-23-13-9-14-24-42)55(49)39-56(50)62(43-25-15-10-16-26-43)44-31-32-48-46-27-17-19-29-51(46)60(6,7)54(48)37-44/h8-34,37-39H,35-36H2,1-7H3. The van der Waals surface area contributed by atoms with E-state index in [0.717, 1.165) is 11.4 Å². The van der Waals surface area contributed by atoms with E-state index in [0.29, 0.717) is 0 Å². The van der Waals surface area contributed by atoms with Crippen molar-refractivity contribution in [2.75, 3.05) is 4.90 Å². The molecular formula is C61H55N. The largest absolute Gasteiger partial charge is 0.310 e. The Bertz CT molecular complexity index is 3000. The second-order valence-corrected chi connectivity index (χ2v) is 19.9. The highest BCUT2D eigenvalue weighted by atomic mass is 15.1. The summed E-state index contributed by atoms with van der Waals surface area (Å²) in [4.78, 5) is 2.56. The maximum atomic E-state index is 2.58. The lowest BCUT2D eigenvalue weighted by Crippen LogP contribution is -2.34. The van der Waals surface area contributed by atoms with Crippen LogP contribution in [0.3, 0.4) is 0 Å². The highest BCUT2D eigenvalue weighted by Gasteiger charge is 2.47. The predicted octanol–water partition coefficient (Wildman–Crippen LogP) is 16.2. The maximum Gasteiger partial charge on any atom is 0.0714 e. The van der Waals surface area contributed by atoms with Crippen LogP contribution in [0.15, 0.2) is 182 Å². The lowest BCUT2D eigenvalue weighted by Gasteiger charge is -2.43. The molecule has 0 saturated heterocycles. The number of hydrogen-bond donors (Lipinski definition) is 0. The van der Waals surface area contributed by atoms with Crippen molar-refractivity contribution < 1.29 is 0 Å². The van der Waals surface area contributed by atoms with Crippen molar-refractivity contribution in [3.8, 4) is 33.4 Å². The smallest absolute Gasteiger partial charge is 0.0714 e. The molecule has 3 aliphatic rings. The molecule has 0 unspecified atom stereocenters. The number of anilines is 3. The van der Waals surface area contributed by atoms with E-state index in [1.54, 1.807) is 0 Å². The van der Waals surface area contributed by atoms with Gasteiger partial charge in [-0.05, 0) is 145 Å². The Labute approximate surface area is 368 Å². The van der Waals surface area contributed by atoms with Crippen molar-refractivity contribution in [1.82, 2.24) is 0 Å². The van der Waals surface area contributed by atoms with E-state index in [1.165, 1.54) is 102 Å². The van der Waals surface area contributed by atoms with Gasteiger partial charge in [-0.1, -0.05) is 187 Å². The van der Waals surface area contributed by atoms with Crippen LogP contribution in [0.1, 0.15) is 104 Å². The third kappa shape index (κ3) is 5.46. The third-order valence-electron chi connectivity index (χ3n) is 15.2. The Morgan fingerprint density at radius 1 is 0.371 bits per heavy atom. The van der Waals surface area contributed by atoms with E-state index in [9.17, 15) is 0 Å². The molecule has 0 aromatic heterocycles.